The Morgan fingerprint density at radius 1 is 1.15 bits per heavy atom. The SMILES string of the molecule is C=CC(=O)N[C@@H](CC(C)C)C(=O)N[C@@H](C)C(=O)NCc1cccc(Br)c1. The van der Waals surface area contributed by atoms with E-state index in [9.17, 15) is 14.4 Å². The number of nitrogens with one attached hydrogen (secondary N) is 3. The average Bonchev–Trinajstić information content (AvgIpc) is 2.58. The van der Waals surface area contributed by atoms with E-state index < -0.39 is 18.0 Å². The van der Waals surface area contributed by atoms with Crippen molar-refractivity contribution in [3.8, 4) is 0 Å². The Hall–Kier alpha value is -2.15. The summed E-state index contributed by atoms with van der Waals surface area (Å²) in [4.78, 5) is 36.2. The highest BCUT2D eigenvalue weighted by molar-refractivity contribution is 9.10. The number of hydrogen-bond donors (Lipinski definition) is 3. The van der Waals surface area contributed by atoms with Gasteiger partial charge in [0.15, 0.2) is 0 Å². The first-order valence-corrected chi connectivity index (χ1v) is 9.27. The molecule has 0 fully saturated rings. The maximum absolute atomic E-state index is 12.4. The Bertz CT molecular complexity index is 661. The van der Waals surface area contributed by atoms with Gasteiger partial charge in [-0.25, -0.2) is 0 Å². The normalized spacial score (nSPS) is 12.8. The van der Waals surface area contributed by atoms with Crippen molar-refractivity contribution in [1.82, 2.24) is 16.0 Å². The number of hydrogen-bond acceptors (Lipinski definition) is 3. The van der Waals surface area contributed by atoms with Gasteiger partial charge in [-0.2, -0.15) is 0 Å². The van der Waals surface area contributed by atoms with Crippen molar-refractivity contribution in [2.45, 2.75) is 45.8 Å². The van der Waals surface area contributed by atoms with Crippen LogP contribution in [0.25, 0.3) is 0 Å². The monoisotopic (exact) mass is 423 g/mol. The number of carbonyl (C=O) groups excluding carboxylic acids is 3. The van der Waals surface area contributed by atoms with Crippen molar-refractivity contribution in [3.63, 3.8) is 0 Å². The van der Waals surface area contributed by atoms with Gasteiger partial charge in [0.25, 0.3) is 0 Å². The fourth-order valence-corrected chi connectivity index (χ4v) is 2.75. The molecule has 1 aromatic carbocycles. The zero-order valence-corrected chi connectivity index (χ0v) is 16.9. The molecule has 0 unspecified atom stereocenters. The highest BCUT2D eigenvalue weighted by atomic mass is 79.9. The Morgan fingerprint density at radius 2 is 1.85 bits per heavy atom. The minimum Gasteiger partial charge on any atom is -0.350 e. The van der Waals surface area contributed by atoms with Crippen LogP contribution in [0.2, 0.25) is 0 Å². The van der Waals surface area contributed by atoms with Gasteiger partial charge in [-0.3, -0.25) is 14.4 Å². The second-order valence-electron chi connectivity index (χ2n) is 6.47. The average molecular weight is 424 g/mol. The molecule has 26 heavy (non-hydrogen) atoms. The summed E-state index contributed by atoms with van der Waals surface area (Å²) in [6, 6.07) is 6.17. The molecule has 0 aliphatic rings. The van der Waals surface area contributed by atoms with Gasteiger partial charge in [0.2, 0.25) is 17.7 Å². The zero-order chi connectivity index (χ0) is 19.7. The second kappa shape index (κ2) is 10.8. The molecule has 1 rings (SSSR count). The van der Waals surface area contributed by atoms with Crippen LogP contribution in [0.3, 0.4) is 0 Å². The predicted molar refractivity (Wildman–Crippen MR) is 105 cm³/mol. The van der Waals surface area contributed by atoms with Crippen LogP contribution in [0.1, 0.15) is 32.8 Å². The predicted octanol–water partition coefficient (Wildman–Crippen LogP) is 2.29. The molecule has 0 radical (unpaired) electrons. The number of benzene rings is 1. The van der Waals surface area contributed by atoms with E-state index in [-0.39, 0.29) is 17.7 Å². The first-order valence-electron chi connectivity index (χ1n) is 8.48. The topological polar surface area (TPSA) is 87.3 Å². The van der Waals surface area contributed by atoms with E-state index in [1.165, 1.54) is 0 Å². The summed E-state index contributed by atoms with van der Waals surface area (Å²) in [5.74, 6) is -0.898. The van der Waals surface area contributed by atoms with Gasteiger partial charge in [-0.05, 0) is 43.0 Å². The highest BCUT2D eigenvalue weighted by Gasteiger charge is 2.24. The lowest BCUT2D eigenvalue weighted by atomic mass is 10.0. The summed E-state index contributed by atoms with van der Waals surface area (Å²) in [5, 5.41) is 8.04. The molecule has 6 nitrogen and oxygen atoms in total. The molecule has 0 aromatic heterocycles. The number of rotatable bonds is 9. The van der Waals surface area contributed by atoms with E-state index in [0.29, 0.717) is 13.0 Å². The van der Waals surface area contributed by atoms with Crippen LogP contribution in [0.4, 0.5) is 0 Å². The summed E-state index contributed by atoms with van der Waals surface area (Å²) >= 11 is 3.38. The largest absolute Gasteiger partial charge is 0.350 e. The fourth-order valence-electron chi connectivity index (χ4n) is 2.30. The number of amides is 3. The van der Waals surface area contributed by atoms with E-state index >= 15 is 0 Å². The second-order valence-corrected chi connectivity index (χ2v) is 7.39. The molecule has 3 N–H and O–H groups in total. The maximum atomic E-state index is 12.4. The van der Waals surface area contributed by atoms with Gasteiger partial charge < -0.3 is 16.0 Å². The summed E-state index contributed by atoms with van der Waals surface area (Å²) in [5.41, 5.74) is 0.946. The van der Waals surface area contributed by atoms with E-state index in [4.69, 9.17) is 0 Å². The first kappa shape index (κ1) is 21.9. The molecule has 3 amide bonds. The molecule has 1 aromatic rings. The van der Waals surface area contributed by atoms with E-state index in [2.05, 4.69) is 38.5 Å². The number of carbonyl (C=O) groups is 3. The zero-order valence-electron chi connectivity index (χ0n) is 15.3. The Labute approximate surface area is 162 Å². The van der Waals surface area contributed by atoms with E-state index in [0.717, 1.165) is 16.1 Å². The van der Waals surface area contributed by atoms with Gasteiger partial charge in [-0.15, -0.1) is 0 Å². The Kier molecular flexibility index (Phi) is 9.05. The summed E-state index contributed by atoms with van der Waals surface area (Å²) in [7, 11) is 0. The van der Waals surface area contributed by atoms with Gasteiger partial charge in [0.1, 0.15) is 12.1 Å². The molecule has 0 heterocycles. The summed E-state index contributed by atoms with van der Waals surface area (Å²) in [6.07, 6.45) is 1.59. The lowest BCUT2D eigenvalue weighted by Gasteiger charge is -2.22. The summed E-state index contributed by atoms with van der Waals surface area (Å²) < 4.78 is 0.931. The Balaban J connectivity index is 2.59. The molecule has 7 heteroatoms. The Morgan fingerprint density at radius 3 is 2.42 bits per heavy atom. The molecule has 142 valence electrons. The molecular weight excluding hydrogens is 398 g/mol. The molecule has 0 spiro atoms. The summed E-state index contributed by atoms with van der Waals surface area (Å²) in [6.45, 7) is 9.26. The number of halogens is 1. The smallest absolute Gasteiger partial charge is 0.244 e. The van der Waals surface area contributed by atoms with Crippen LogP contribution in [0.15, 0.2) is 41.4 Å². The molecule has 0 bridgehead atoms. The fraction of sp³-hybridized carbons (Fsp3) is 0.421. The van der Waals surface area contributed by atoms with Crippen LogP contribution in [0, 0.1) is 5.92 Å². The highest BCUT2D eigenvalue weighted by Crippen LogP contribution is 2.11. The lowest BCUT2D eigenvalue weighted by Crippen LogP contribution is -2.52. The minimum absolute atomic E-state index is 0.205. The van der Waals surface area contributed by atoms with Crippen LogP contribution in [-0.2, 0) is 20.9 Å². The third-order valence-corrected chi connectivity index (χ3v) is 4.13. The van der Waals surface area contributed by atoms with Crippen LogP contribution in [-0.4, -0.2) is 29.8 Å². The molecular formula is C19H26BrN3O3. The standard InChI is InChI=1S/C19H26BrN3O3/c1-5-17(24)23-16(9-12(2)3)19(26)22-13(4)18(25)21-11-14-7-6-8-15(20)10-14/h5-8,10,12-13,16H,1,9,11H2,2-4H3,(H,21,25)(H,22,26)(H,23,24)/t13-,16-/m0/s1. The van der Waals surface area contributed by atoms with Gasteiger partial charge in [-0.1, -0.05) is 48.5 Å². The van der Waals surface area contributed by atoms with Crippen LogP contribution in [0.5, 0.6) is 0 Å². The molecule has 0 saturated carbocycles. The first-order chi connectivity index (χ1) is 12.2. The minimum atomic E-state index is -0.718. The van der Waals surface area contributed by atoms with E-state index in [1.54, 1.807) is 6.92 Å². The third-order valence-electron chi connectivity index (χ3n) is 3.63. The van der Waals surface area contributed by atoms with Crippen molar-refractivity contribution in [2.24, 2.45) is 5.92 Å². The maximum Gasteiger partial charge on any atom is 0.244 e. The van der Waals surface area contributed by atoms with Crippen molar-refractivity contribution >= 4 is 33.7 Å². The van der Waals surface area contributed by atoms with Crippen LogP contribution < -0.4 is 16.0 Å². The molecule has 2 atom stereocenters. The van der Waals surface area contributed by atoms with Crippen molar-refractivity contribution < 1.29 is 14.4 Å². The lowest BCUT2D eigenvalue weighted by molar-refractivity contribution is -0.131. The quantitative estimate of drug-likeness (QED) is 0.532. The van der Waals surface area contributed by atoms with Gasteiger partial charge >= 0.3 is 0 Å². The third kappa shape index (κ3) is 7.82. The van der Waals surface area contributed by atoms with Crippen LogP contribution >= 0.6 is 15.9 Å². The van der Waals surface area contributed by atoms with Crippen molar-refractivity contribution in [2.75, 3.05) is 0 Å². The van der Waals surface area contributed by atoms with Gasteiger partial charge in [0.05, 0.1) is 0 Å². The van der Waals surface area contributed by atoms with Crippen molar-refractivity contribution in [3.05, 3.63) is 47.0 Å². The van der Waals surface area contributed by atoms with Gasteiger partial charge in [0, 0.05) is 11.0 Å². The van der Waals surface area contributed by atoms with Crippen molar-refractivity contribution in [1.29, 1.82) is 0 Å². The molecule has 0 aliphatic carbocycles. The molecule has 0 aliphatic heterocycles. The van der Waals surface area contributed by atoms with E-state index in [1.807, 2.05) is 38.1 Å². The molecule has 0 saturated heterocycles.